The lowest BCUT2D eigenvalue weighted by atomic mass is 10.1. The average Bonchev–Trinajstić information content (AvgIpc) is 2.55. The molecule has 0 unspecified atom stereocenters. The molecule has 0 spiro atoms. The van der Waals surface area contributed by atoms with Crippen LogP contribution in [0.1, 0.15) is 6.92 Å². The van der Waals surface area contributed by atoms with Gasteiger partial charge in [-0.2, -0.15) is 0 Å². The number of esters is 1. The number of allylic oxidation sites excluding steroid dienone is 1. The number of carbonyl (C=O) groups excluding carboxylic acids is 1. The van der Waals surface area contributed by atoms with Gasteiger partial charge in [-0.25, -0.2) is 4.79 Å². The van der Waals surface area contributed by atoms with E-state index < -0.39 is 5.97 Å². The lowest BCUT2D eigenvalue weighted by Crippen LogP contribution is -2.08. The van der Waals surface area contributed by atoms with E-state index in [0.717, 1.165) is 11.1 Å². The van der Waals surface area contributed by atoms with Crippen molar-refractivity contribution in [1.29, 1.82) is 0 Å². The van der Waals surface area contributed by atoms with Gasteiger partial charge in [-0.15, -0.1) is 0 Å². The number of aromatic nitrogens is 1. The zero-order valence-corrected chi connectivity index (χ0v) is 12.4. The quantitative estimate of drug-likeness (QED) is 0.406. The lowest BCUT2D eigenvalue weighted by molar-refractivity contribution is -0.135. The van der Waals surface area contributed by atoms with Crippen molar-refractivity contribution in [2.45, 2.75) is 6.92 Å². The molecule has 1 heterocycles. The van der Waals surface area contributed by atoms with E-state index in [9.17, 15) is 9.90 Å². The molecule has 2 rings (SSSR count). The number of rotatable bonds is 4. The van der Waals surface area contributed by atoms with Crippen LogP contribution in [0.3, 0.4) is 0 Å². The largest absolute Gasteiger partial charge is 0.512 e. The van der Waals surface area contributed by atoms with Gasteiger partial charge in [0.15, 0.2) is 0 Å². The number of ether oxygens (including phenoxy) is 1. The Labute approximate surface area is 128 Å². The molecule has 1 N–H and O–H groups in total. The summed E-state index contributed by atoms with van der Waals surface area (Å²) in [7, 11) is 1.25. The van der Waals surface area contributed by atoms with Gasteiger partial charge >= 0.3 is 5.97 Å². The van der Waals surface area contributed by atoms with Gasteiger partial charge in [0.1, 0.15) is 11.3 Å². The Balaban J connectivity index is 2.29. The van der Waals surface area contributed by atoms with E-state index in [1.54, 1.807) is 12.4 Å². The van der Waals surface area contributed by atoms with Crippen LogP contribution in [0.15, 0.2) is 65.1 Å². The van der Waals surface area contributed by atoms with Crippen LogP contribution in [0, 0.1) is 0 Å². The second kappa shape index (κ2) is 7.17. The minimum Gasteiger partial charge on any atom is -0.512 e. The maximum atomic E-state index is 11.5. The predicted molar refractivity (Wildman–Crippen MR) is 85.2 cm³/mol. The first-order valence-corrected chi connectivity index (χ1v) is 6.64. The van der Waals surface area contributed by atoms with Gasteiger partial charge in [-0.1, -0.05) is 12.1 Å². The van der Waals surface area contributed by atoms with Gasteiger partial charge in [0, 0.05) is 18.6 Å². The van der Waals surface area contributed by atoms with Crippen molar-refractivity contribution in [1.82, 2.24) is 4.98 Å². The third-order valence-corrected chi connectivity index (χ3v) is 3.00. The summed E-state index contributed by atoms with van der Waals surface area (Å²) in [4.78, 5) is 19.7. The van der Waals surface area contributed by atoms with E-state index in [2.05, 4.69) is 14.7 Å². The lowest BCUT2D eigenvalue weighted by Gasteiger charge is -2.03. The molecule has 0 aliphatic rings. The van der Waals surface area contributed by atoms with E-state index in [1.165, 1.54) is 20.2 Å². The number of methoxy groups -OCH3 is 1. The highest BCUT2D eigenvalue weighted by Gasteiger charge is 2.10. The molecular formula is C17H16N2O3. The zero-order chi connectivity index (χ0) is 15.9. The van der Waals surface area contributed by atoms with E-state index >= 15 is 0 Å². The Morgan fingerprint density at radius 1 is 1.23 bits per heavy atom. The molecule has 0 atom stereocenters. The minimum atomic E-state index is -0.631. The summed E-state index contributed by atoms with van der Waals surface area (Å²) in [5.41, 5.74) is 2.70. The smallest absolute Gasteiger partial charge is 0.342 e. The highest BCUT2D eigenvalue weighted by molar-refractivity contribution is 6.10. The molecule has 0 aliphatic carbocycles. The van der Waals surface area contributed by atoms with Crippen LogP contribution in [0.2, 0.25) is 0 Å². The molecule has 2 aromatic rings. The third kappa shape index (κ3) is 3.79. The molecule has 0 amide bonds. The average molecular weight is 296 g/mol. The summed E-state index contributed by atoms with van der Waals surface area (Å²) in [6.45, 7) is 1.41. The maximum Gasteiger partial charge on any atom is 0.342 e. The fraction of sp³-hybridized carbons (Fsp3) is 0.118. The molecule has 0 radical (unpaired) electrons. The predicted octanol–water partition coefficient (Wildman–Crippen LogP) is 3.46. The number of hydrogen-bond acceptors (Lipinski definition) is 5. The van der Waals surface area contributed by atoms with Gasteiger partial charge in [-0.3, -0.25) is 9.98 Å². The summed E-state index contributed by atoms with van der Waals surface area (Å²) in [5, 5.41) is 9.50. The summed E-state index contributed by atoms with van der Waals surface area (Å²) in [6.07, 6.45) is 4.74. The van der Waals surface area contributed by atoms with E-state index in [-0.39, 0.29) is 11.3 Å². The van der Waals surface area contributed by atoms with Crippen LogP contribution >= 0.6 is 0 Å². The fourth-order valence-corrected chi connectivity index (χ4v) is 1.85. The van der Waals surface area contributed by atoms with Gasteiger partial charge in [0.25, 0.3) is 0 Å². The minimum absolute atomic E-state index is 0.0248. The summed E-state index contributed by atoms with van der Waals surface area (Å²) >= 11 is 0. The summed E-state index contributed by atoms with van der Waals surface area (Å²) in [5.74, 6) is -0.769. The fourth-order valence-electron chi connectivity index (χ4n) is 1.85. The van der Waals surface area contributed by atoms with E-state index in [0.29, 0.717) is 5.69 Å². The van der Waals surface area contributed by atoms with Crippen LogP contribution in [0.5, 0.6) is 0 Å². The van der Waals surface area contributed by atoms with Crippen molar-refractivity contribution in [2.24, 2.45) is 4.99 Å². The molecule has 112 valence electrons. The standard InChI is InChI=1S/C17H16N2O3/c1-12(20)16(17(21)22-2)11-19-15-5-3-4-14(10-15)13-6-8-18-9-7-13/h3-11,20H,1-2H3/b16-12+,19-11?. The number of aliphatic hydroxyl groups excluding tert-OH is 1. The Morgan fingerprint density at radius 2 is 1.95 bits per heavy atom. The summed E-state index contributed by atoms with van der Waals surface area (Å²) < 4.78 is 4.60. The van der Waals surface area contributed by atoms with Crippen molar-refractivity contribution in [3.8, 4) is 11.1 Å². The first-order valence-electron chi connectivity index (χ1n) is 6.64. The summed E-state index contributed by atoms with van der Waals surface area (Å²) in [6, 6.07) is 11.3. The number of pyridine rings is 1. The van der Waals surface area contributed by atoms with Crippen molar-refractivity contribution >= 4 is 17.9 Å². The van der Waals surface area contributed by atoms with Crippen LogP contribution in [-0.2, 0) is 9.53 Å². The Bertz CT molecular complexity index is 718. The van der Waals surface area contributed by atoms with E-state index in [4.69, 9.17) is 0 Å². The van der Waals surface area contributed by atoms with Gasteiger partial charge < -0.3 is 9.84 Å². The van der Waals surface area contributed by atoms with Crippen molar-refractivity contribution < 1.29 is 14.6 Å². The topological polar surface area (TPSA) is 71.8 Å². The van der Waals surface area contributed by atoms with E-state index in [1.807, 2.05) is 36.4 Å². The highest BCUT2D eigenvalue weighted by Crippen LogP contribution is 2.23. The van der Waals surface area contributed by atoms with Gasteiger partial charge in [0.2, 0.25) is 0 Å². The number of nitrogens with zero attached hydrogens (tertiary/aromatic N) is 2. The first kappa shape index (κ1) is 15.4. The van der Waals surface area contributed by atoms with Crippen LogP contribution in [-0.4, -0.2) is 29.4 Å². The molecule has 0 saturated carbocycles. The van der Waals surface area contributed by atoms with Crippen molar-refractivity contribution in [3.63, 3.8) is 0 Å². The molecule has 0 saturated heterocycles. The third-order valence-electron chi connectivity index (χ3n) is 3.00. The monoisotopic (exact) mass is 296 g/mol. The molecule has 0 aliphatic heterocycles. The second-order valence-corrected chi connectivity index (χ2v) is 4.54. The molecule has 1 aromatic heterocycles. The number of hydrogen-bond donors (Lipinski definition) is 1. The van der Waals surface area contributed by atoms with Crippen LogP contribution in [0.4, 0.5) is 5.69 Å². The Kier molecular flexibility index (Phi) is 5.03. The molecular weight excluding hydrogens is 280 g/mol. The van der Waals surface area contributed by atoms with Gasteiger partial charge in [0.05, 0.1) is 12.8 Å². The molecule has 1 aromatic carbocycles. The Hall–Kier alpha value is -2.95. The second-order valence-electron chi connectivity index (χ2n) is 4.54. The highest BCUT2D eigenvalue weighted by atomic mass is 16.5. The van der Waals surface area contributed by atoms with Crippen LogP contribution < -0.4 is 0 Å². The van der Waals surface area contributed by atoms with Crippen molar-refractivity contribution in [3.05, 3.63) is 60.1 Å². The molecule has 0 fully saturated rings. The molecule has 5 heteroatoms. The number of aliphatic hydroxyl groups is 1. The molecule has 0 bridgehead atoms. The molecule has 22 heavy (non-hydrogen) atoms. The zero-order valence-electron chi connectivity index (χ0n) is 12.4. The number of benzene rings is 1. The van der Waals surface area contributed by atoms with Crippen molar-refractivity contribution in [2.75, 3.05) is 7.11 Å². The SMILES string of the molecule is COC(=O)/C(C=Nc1cccc(-c2ccncc2)c1)=C(\C)O. The Morgan fingerprint density at radius 3 is 2.59 bits per heavy atom. The number of aliphatic imine (C=N–C) groups is 1. The molecule has 5 nitrogen and oxygen atoms in total. The maximum absolute atomic E-state index is 11.5. The first-order chi connectivity index (χ1) is 10.6. The number of carbonyl (C=O) groups is 1. The normalized spacial score (nSPS) is 12.1. The van der Waals surface area contributed by atoms with Crippen LogP contribution in [0.25, 0.3) is 11.1 Å². The van der Waals surface area contributed by atoms with Gasteiger partial charge in [-0.05, 0) is 42.3 Å².